The van der Waals surface area contributed by atoms with Crippen LogP contribution in [0, 0.1) is 0 Å². The monoisotopic (exact) mass is 292 g/mol. The van der Waals surface area contributed by atoms with Crippen LogP contribution in [0.3, 0.4) is 0 Å². The average Bonchev–Trinajstić information content (AvgIpc) is 2.94. The van der Waals surface area contributed by atoms with Gasteiger partial charge in [0.2, 0.25) is 0 Å². The predicted molar refractivity (Wildman–Crippen MR) is 86.9 cm³/mol. The van der Waals surface area contributed by atoms with Gasteiger partial charge in [0.05, 0.1) is 11.8 Å². The van der Waals surface area contributed by atoms with Crippen molar-refractivity contribution in [3.8, 4) is 0 Å². The molecule has 3 aromatic rings. The Morgan fingerprint density at radius 1 is 1.32 bits per heavy atom. The summed E-state index contributed by atoms with van der Waals surface area (Å²) in [6.45, 7) is 2.98. The van der Waals surface area contributed by atoms with Crippen LogP contribution in [-0.2, 0) is 6.54 Å². The van der Waals surface area contributed by atoms with Crippen LogP contribution in [0.1, 0.15) is 22.8 Å². The first-order chi connectivity index (χ1) is 10.8. The zero-order valence-corrected chi connectivity index (χ0v) is 12.2. The number of pyridine rings is 1. The molecule has 22 heavy (non-hydrogen) atoms. The van der Waals surface area contributed by atoms with Gasteiger partial charge in [0, 0.05) is 41.6 Å². The molecule has 2 heterocycles. The van der Waals surface area contributed by atoms with Gasteiger partial charge in [0.1, 0.15) is 0 Å². The Labute approximate surface area is 128 Å². The number of para-hydroxylation sites is 1. The zero-order chi connectivity index (χ0) is 15.4. The van der Waals surface area contributed by atoms with E-state index in [2.05, 4.69) is 33.1 Å². The van der Waals surface area contributed by atoms with E-state index in [0.29, 0.717) is 5.56 Å². The number of hydrogen-bond donors (Lipinski definition) is 1. The summed E-state index contributed by atoms with van der Waals surface area (Å²) in [5.74, 6) is -0.274. The minimum atomic E-state index is -0.274. The average molecular weight is 292 g/mol. The minimum absolute atomic E-state index is 0.274. The number of hydrazone groups is 1. The third-order valence-corrected chi connectivity index (χ3v) is 3.45. The second-order valence-electron chi connectivity index (χ2n) is 4.83. The number of aryl methyl sites for hydroxylation is 1. The third kappa shape index (κ3) is 2.74. The van der Waals surface area contributed by atoms with Crippen LogP contribution >= 0.6 is 0 Å². The van der Waals surface area contributed by atoms with Crippen molar-refractivity contribution in [3.63, 3.8) is 0 Å². The molecule has 0 radical (unpaired) electrons. The molecule has 5 heteroatoms. The molecule has 0 atom stereocenters. The summed E-state index contributed by atoms with van der Waals surface area (Å²) in [6.07, 6.45) is 6.83. The van der Waals surface area contributed by atoms with Crippen molar-refractivity contribution in [1.29, 1.82) is 0 Å². The molecule has 0 fully saturated rings. The number of nitrogens with one attached hydrogen (secondary N) is 1. The Balaban J connectivity index is 1.80. The second-order valence-corrected chi connectivity index (χ2v) is 4.83. The van der Waals surface area contributed by atoms with Gasteiger partial charge in [-0.2, -0.15) is 5.10 Å². The van der Waals surface area contributed by atoms with E-state index < -0.39 is 0 Å². The lowest BCUT2D eigenvalue weighted by atomic mass is 10.2. The Morgan fingerprint density at radius 3 is 2.95 bits per heavy atom. The van der Waals surface area contributed by atoms with E-state index in [0.717, 1.165) is 23.0 Å². The van der Waals surface area contributed by atoms with E-state index in [1.54, 1.807) is 24.5 Å². The van der Waals surface area contributed by atoms with Crippen LogP contribution in [0.2, 0.25) is 0 Å². The topological polar surface area (TPSA) is 59.3 Å². The van der Waals surface area contributed by atoms with Crippen LogP contribution in [0.15, 0.2) is 60.1 Å². The van der Waals surface area contributed by atoms with Crippen LogP contribution in [0.4, 0.5) is 0 Å². The highest BCUT2D eigenvalue weighted by atomic mass is 16.2. The number of carbonyl (C=O) groups is 1. The van der Waals surface area contributed by atoms with Crippen molar-refractivity contribution < 1.29 is 4.79 Å². The van der Waals surface area contributed by atoms with Gasteiger partial charge in [-0.05, 0) is 25.1 Å². The highest BCUT2D eigenvalue weighted by Crippen LogP contribution is 2.19. The van der Waals surface area contributed by atoms with E-state index >= 15 is 0 Å². The number of nitrogens with zero attached hydrogens (tertiary/aromatic N) is 3. The summed E-state index contributed by atoms with van der Waals surface area (Å²) in [7, 11) is 0. The van der Waals surface area contributed by atoms with Gasteiger partial charge in [-0.1, -0.05) is 18.2 Å². The maximum Gasteiger partial charge on any atom is 0.272 e. The van der Waals surface area contributed by atoms with Crippen molar-refractivity contribution in [2.24, 2.45) is 5.10 Å². The van der Waals surface area contributed by atoms with Crippen molar-refractivity contribution in [2.45, 2.75) is 13.5 Å². The summed E-state index contributed by atoms with van der Waals surface area (Å²) in [6, 6.07) is 11.5. The highest BCUT2D eigenvalue weighted by molar-refractivity contribution is 6.00. The van der Waals surface area contributed by atoms with Crippen molar-refractivity contribution >= 4 is 23.0 Å². The lowest BCUT2D eigenvalue weighted by Gasteiger charge is -1.98. The molecule has 1 N–H and O–H groups in total. The maximum atomic E-state index is 11.9. The van der Waals surface area contributed by atoms with Crippen LogP contribution in [0.25, 0.3) is 10.9 Å². The Bertz CT molecular complexity index is 821. The minimum Gasteiger partial charge on any atom is -0.347 e. The molecule has 0 saturated carbocycles. The number of rotatable bonds is 4. The van der Waals surface area contributed by atoms with E-state index in [4.69, 9.17) is 0 Å². The van der Waals surface area contributed by atoms with Crippen molar-refractivity contribution in [3.05, 3.63) is 66.1 Å². The Kier molecular flexibility index (Phi) is 3.96. The molecule has 110 valence electrons. The summed E-state index contributed by atoms with van der Waals surface area (Å²) < 4.78 is 2.15. The number of carbonyl (C=O) groups excluding carboxylic acids is 1. The molecule has 0 aliphatic rings. The molecule has 5 nitrogen and oxygen atoms in total. The third-order valence-electron chi connectivity index (χ3n) is 3.45. The molecule has 0 aliphatic heterocycles. The summed E-state index contributed by atoms with van der Waals surface area (Å²) in [4.78, 5) is 15.8. The maximum absolute atomic E-state index is 11.9. The fourth-order valence-electron chi connectivity index (χ4n) is 2.36. The molecule has 0 unspecified atom stereocenters. The molecule has 0 saturated heterocycles. The fraction of sp³-hybridized carbons (Fsp3) is 0.118. The van der Waals surface area contributed by atoms with Gasteiger partial charge in [-0.15, -0.1) is 0 Å². The van der Waals surface area contributed by atoms with E-state index in [1.807, 2.05) is 24.4 Å². The lowest BCUT2D eigenvalue weighted by Crippen LogP contribution is -2.17. The van der Waals surface area contributed by atoms with Crippen molar-refractivity contribution in [2.75, 3.05) is 0 Å². The summed E-state index contributed by atoms with van der Waals surface area (Å²) in [5, 5.41) is 5.16. The number of hydrogen-bond acceptors (Lipinski definition) is 3. The molecule has 1 aromatic carbocycles. The highest BCUT2D eigenvalue weighted by Gasteiger charge is 2.06. The Morgan fingerprint density at radius 2 is 2.18 bits per heavy atom. The zero-order valence-electron chi connectivity index (χ0n) is 12.2. The van der Waals surface area contributed by atoms with Gasteiger partial charge in [-0.3, -0.25) is 9.78 Å². The first-order valence-corrected chi connectivity index (χ1v) is 7.11. The van der Waals surface area contributed by atoms with Crippen LogP contribution < -0.4 is 5.43 Å². The smallest absolute Gasteiger partial charge is 0.272 e. The van der Waals surface area contributed by atoms with Crippen LogP contribution in [-0.4, -0.2) is 21.7 Å². The SMILES string of the molecule is CCn1cc(/C=N\NC(=O)c2cccnc2)c2ccccc21. The first-order valence-electron chi connectivity index (χ1n) is 7.11. The number of aromatic nitrogens is 2. The van der Waals surface area contributed by atoms with E-state index in [1.165, 1.54) is 6.20 Å². The van der Waals surface area contributed by atoms with Gasteiger partial charge in [-0.25, -0.2) is 5.43 Å². The molecule has 0 aliphatic carbocycles. The number of benzene rings is 1. The van der Waals surface area contributed by atoms with E-state index in [9.17, 15) is 4.79 Å². The molecule has 1 amide bonds. The normalized spacial score (nSPS) is 11.1. The summed E-state index contributed by atoms with van der Waals surface area (Å²) in [5.41, 5.74) is 5.14. The van der Waals surface area contributed by atoms with Crippen molar-refractivity contribution in [1.82, 2.24) is 15.0 Å². The summed E-state index contributed by atoms with van der Waals surface area (Å²) >= 11 is 0. The first kappa shape index (κ1) is 14.0. The quantitative estimate of drug-likeness (QED) is 0.594. The Hall–Kier alpha value is -2.95. The molecule has 0 bridgehead atoms. The molecular weight excluding hydrogens is 276 g/mol. The lowest BCUT2D eigenvalue weighted by molar-refractivity contribution is 0.0955. The number of amides is 1. The van der Waals surface area contributed by atoms with Gasteiger partial charge in [0.25, 0.3) is 5.91 Å². The number of fused-ring (bicyclic) bond motifs is 1. The molecular formula is C17H16N4O. The second kappa shape index (κ2) is 6.22. The molecule has 0 spiro atoms. The molecule has 3 rings (SSSR count). The van der Waals surface area contributed by atoms with Gasteiger partial charge in [0.15, 0.2) is 0 Å². The van der Waals surface area contributed by atoms with Gasteiger partial charge >= 0.3 is 0 Å². The fourth-order valence-corrected chi connectivity index (χ4v) is 2.36. The van der Waals surface area contributed by atoms with E-state index in [-0.39, 0.29) is 5.91 Å². The van der Waals surface area contributed by atoms with Gasteiger partial charge < -0.3 is 4.57 Å². The predicted octanol–water partition coefficient (Wildman–Crippen LogP) is 2.82. The molecule has 2 aromatic heterocycles. The van der Waals surface area contributed by atoms with Crippen LogP contribution in [0.5, 0.6) is 0 Å². The standard InChI is InChI=1S/C17H16N4O/c1-2-21-12-14(15-7-3-4-8-16(15)21)11-19-20-17(22)13-6-5-9-18-10-13/h3-12H,2H2,1H3,(H,20,22)/b19-11-. The largest absolute Gasteiger partial charge is 0.347 e.